The number of thiophene rings is 1. The molecule has 0 aromatic carbocycles. The van der Waals surface area contributed by atoms with Gasteiger partial charge in [-0.1, -0.05) is 11.6 Å². The average Bonchev–Trinajstić information content (AvgIpc) is 2.73. The van der Waals surface area contributed by atoms with E-state index in [2.05, 4.69) is 15.0 Å². The quantitative estimate of drug-likeness (QED) is 0.619. The Morgan fingerprint density at radius 3 is 2.75 bits per heavy atom. The van der Waals surface area contributed by atoms with Crippen molar-refractivity contribution in [2.45, 2.75) is 0 Å². The normalized spacial score (nSPS) is 10.8. The van der Waals surface area contributed by atoms with Crippen LogP contribution in [0.15, 0.2) is 36.2 Å². The Bertz CT molecular complexity index is 636. The van der Waals surface area contributed by atoms with Crippen LogP contribution in [0.25, 0.3) is 21.3 Å². The summed E-state index contributed by atoms with van der Waals surface area (Å²) in [6, 6.07) is 3.77. The highest BCUT2D eigenvalue weighted by Crippen LogP contribution is 2.32. The number of nitrogens with zero attached hydrogens (tertiary/aromatic N) is 3. The molecule has 5 heteroatoms. The molecule has 0 unspecified atom stereocenters. The summed E-state index contributed by atoms with van der Waals surface area (Å²) >= 11 is 7.54. The largest absolute Gasteiger partial charge is 0.244 e. The van der Waals surface area contributed by atoms with Gasteiger partial charge >= 0.3 is 0 Å². The van der Waals surface area contributed by atoms with Gasteiger partial charge in [-0.15, -0.1) is 11.3 Å². The zero-order valence-corrected chi connectivity index (χ0v) is 9.66. The molecular weight excluding hydrogens is 242 g/mol. The van der Waals surface area contributed by atoms with E-state index in [1.807, 2.05) is 11.4 Å². The van der Waals surface area contributed by atoms with Gasteiger partial charge in [-0.05, 0) is 12.1 Å². The predicted octanol–water partition coefficient (Wildman–Crippen LogP) is 3.41. The maximum atomic E-state index is 5.90. The smallest absolute Gasteiger partial charge is 0.129 e. The Kier molecular flexibility index (Phi) is 2.31. The van der Waals surface area contributed by atoms with Gasteiger partial charge in [-0.3, -0.25) is 0 Å². The predicted molar refractivity (Wildman–Crippen MR) is 65.7 cm³/mol. The Morgan fingerprint density at radius 1 is 1.12 bits per heavy atom. The number of rotatable bonds is 1. The molecule has 3 nitrogen and oxygen atoms in total. The minimum absolute atomic E-state index is 0.504. The van der Waals surface area contributed by atoms with Crippen LogP contribution in [0.2, 0.25) is 5.15 Å². The fourth-order valence-corrected chi connectivity index (χ4v) is 2.59. The SMILES string of the molecule is Clc1ccc2scc(-c3cncnc3)c2n1. The van der Waals surface area contributed by atoms with Crippen LogP contribution < -0.4 is 0 Å². The van der Waals surface area contributed by atoms with E-state index in [0.717, 1.165) is 21.3 Å². The molecule has 16 heavy (non-hydrogen) atoms. The van der Waals surface area contributed by atoms with E-state index >= 15 is 0 Å². The van der Waals surface area contributed by atoms with E-state index in [-0.39, 0.29) is 0 Å². The van der Waals surface area contributed by atoms with Crippen LogP contribution in [0.1, 0.15) is 0 Å². The minimum atomic E-state index is 0.504. The molecule has 0 bridgehead atoms. The molecule has 0 saturated carbocycles. The number of hydrogen-bond donors (Lipinski definition) is 0. The highest BCUT2D eigenvalue weighted by atomic mass is 35.5. The second-order valence-electron chi connectivity index (χ2n) is 3.26. The molecule has 0 aliphatic rings. The lowest BCUT2D eigenvalue weighted by Gasteiger charge is -1.97. The first-order valence-electron chi connectivity index (χ1n) is 4.64. The fraction of sp³-hybridized carbons (Fsp3) is 0. The van der Waals surface area contributed by atoms with Crippen LogP contribution in [-0.2, 0) is 0 Å². The summed E-state index contributed by atoms with van der Waals surface area (Å²) in [5.74, 6) is 0. The lowest BCUT2D eigenvalue weighted by atomic mass is 10.1. The van der Waals surface area contributed by atoms with Gasteiger partial charge in [-0.2, -0.15) is 0 Å². The number of halogens is 1. The van der Waals surface area contributed by atoms with Crippen molar-refractivity contribution in [3.05, 3.63) is 41.4 Å². The highest BCUT2D eigenvalue weighted by molar-refractivity contribution is 7.17. The molecule has 0 spiro atoms. The molecule has 0 aliphatic carbocycles. The summed E-state index contributed by atoms with van der Waals surface area (Å²) in [6.45, 7) is 0. The van der Waals surface area contributed by atoms with Crippen molar-refractivity contribution in [3.8, 4) is 11.1 Å². The maximum Gasteiger partial charge on any atom is 0.129 e. The third kappa shape index (κ3) is 1.56. The van der Waals surface area contributed by atoms with Crippen molar-refractivity contribution >= 4 is 33.2 Å². The fourth-order valence-electron chi connectivity index (χ4n) is 1.53. The van der Waals surface area contributed by atoms with Gasteiger partial charge in [0.05, 0.1) is 10.2 Å². The van der Waals surface area contributed by atoms with Crippen molar-refractivity contribution < 1.29 is 0 Å². The van der Waals surface area contributed by atoms with Gasteiger partial charge in [0.2, 0.25) is 0 Å². The van der Waals surface area contributed by atoms with Gasteiger partial charge in [-0.25, -0.2) is 15.0 Å². The third-order valence-corrected chi connectivity index (χ3v) is 3.40. The zero-order valence-electron chi connectivity index (χ0n) is 8.09. The lowest BCUT2D eigenvalue weighted by Crippen LogP contribution is -1.82. The molecule has 0 amide bonds. The zero-order chi connectivity index (χ0) is 11.0. The highest BCUT2D eigenvalue weighted by Gasteiger charge is 2.08. The number of pyridine rings is 1. The van der Waals surface area contributed by atoms with Crippen LogP contribution in [0.3, 0.4) is 0 Å². The Balaban J connectivity index is 2.29. The lowest BCUT2D eigenvalue weighted by molar-refractivity contribution is 1.17. The first-order valence-corrected chi connectivity index (χ1v) is 5.89. The minimum Gasteiger partial charge on any atom is -0.244 e. The summed E-state index contributed by atoms with van der Waals surface area (Å²) in [5, 5.41) is 2.55. The van der Waals surface area contributed by atoms with Gasteiger partial charge in [0.15, 0.2) is 0 Å². The van der Waals surface area contributed by atoms with Gasteiger partial charge in [0, 0.05) is 28.9 Å². The third-order valence-electron chi connectivity index (χ3n) is 2.25. The molecule has 0 radical (unpaired) electrons. The Labute approximate surface area is 101 Å². The van der Waals surface area contributed by atoms with E-state index in [9.17, 15) is 0 Å². The molecule has 0 saturated heterocycles. The van der Waals surface area contributed by atoms with Crippen LogP contribution in [0, 0.1) is 0 Å². The van der Waals surface area contributed by atoms with Gasteiger partial charge in [0.1, 0.15) is 11.5 Å². The van der Waals surface area contributed by atoms with E-state index in [1.54, 1.807) is 29.8 Å². The number of hydrogen-bond acceptors (Lipinski definition) is 4. The molecule has 0 aliphatic heterocycles. The summed E-state index contributed by atoms with van der Waals surface area (Å²) in [7, 11) is 0. The molecule has 3 aromatic rings. The average molecular weight is 248 g/mol. The van der Waals surface area contributed by atoms with Gasteiger partial charge < -0.3 is 0 Å². The van der Waals surface area contributed by atoms with Crippen molar-refractivity contribution in [2.75, 3.05) is 0 Å². The molecular formula is C11H6ClN3S. The Morgan fingerprint density at radius 2 is 1.94 bits per heavy atom. The first-order chi connectivity index (χ1) is 7.84. The number of aromatic nitrogens is 3. The second-order valence-corrected chi connectivity index (χ2v) is 4.56. The maximum absolute atomic E-state index is 5.90. The van der Waals surface area contributed by atoms with Crippen molar-refractivity contribution in [1.29, 1.82) is 0 Å². The van der Waals surface area contributed by atoms with Crippen molar-refractivity contribution in [2.24, 2.45) is 0 Å². The standard InChI is InChI=1S/C11H6ClN3S/c12-10-2-1-9-11(15-10)8(5-16-9)7-3-13-6-14-4-7/h1-6H. The van der Waals surface area contributed by atoms with Crippen molar-refractivity contribution in [1.82, 2.24) is 15.0 Å². The van der Waals surface area contributed by atoms with Gasteiger partial charge in [0.25, 0.3) is 0 Å². The molecule has 0 fully saturated rings. The first kappa shape index (κ1) is 9.69. The monoisotopic (exact) mass is 247 g/mol. The molecule has 3 rings (SSSR count). The van der Waals surface area contributed by atoms with E-state index < -0.39 is 0 Å². The Hall–Kier alpha value is -1.52. The van der Waals surface area contributed by atoms with E-state index in [4.69, 9.17) is 11.6 Å². The summed E-state index contributed by atoms with van der Waals surface area (Å²) in [6.07, 6.45) is 5.06. The van der Waals surface area contributed by atoms with Crippen molar-refractivity contribution in [3.63, 3.8) is 0 Å². The summed E-state index contributed by atoms with van der Waals surface area (Å²) < 4.78 is 1.11. The molecule has 0 atom stereocenters. The van der Waals surface area contributed by atoms with Crippen LogP contribution in [-0.4, -0.2) is 15.0 Å². The molecule has 0 N–H and O–H groups in total. The van der Waals surface area contributed by atoms with Crippen LogP contribution in [0.4, 0.5) is 0 Å². The number of fused-ring (bicyclic) bond motifs is 1. The molecule has 3 heterocycles. The van der Waals surface area contributed by atoms with E-state index in [0.29, 0.717) is 5.15 Å². The second kappa shape index (κ2) is 3.81. The molecule has 78 valence electrons. The molecule has 3 aromatic heterocycles. The van der Waals surface area contributed by atoms with Crippen LogP contribution >= 0.6 is 22.9 Å². The van der Waals surface area contributed by atoms with E-state index in [1.165, 1.54) is 6.33 Å². The summed E-state index contributed by atoms with van der Waals surface area (Å²) in [5.41, 5.74) is 2.90. The van der Waals surface area contributed by atoms with Crippen LogP contribution in [0.5, 0.6) is 0 Å². The summed E-state index contributed by atoms with van der Waals surface area (Å²) in [4.78, 5) is 12.3. The topological polar surface area (TPSA) is 38.7 Å².